The van der Waals surface area contributed by atoms with Crippen LogP contribution in [0, 0.1) is 0 Å². The summed E-state index contributed by atoms with van der Waals surface area (Å²) >= 11 is 3.17. The smallest absolute Gasteiger partial charge is 0.247 e. The van der Waals surface area contributed by atoms with Gasteiger partial charge in [0, 0.05) is 23.2 Å². The van der Waals surface area contributed by atoms with Crippen molar-refractivity contribution >= 4 is 63.1 Å². The first-order valence-corrected chi connectivity index (χ1v) is 10.4. The summed E-state index contributed by atoms with van der Waals surface area (Å²) in [6.45, 7) is 3.65. The number of nitrogens with one attached hydrogen (secondary N) is 2. The maximum Gasteiger partial charge on any atom is 0.247 e. The Morgan fingerprint density at radius 1 is 1.43 bits per heavy atom. The fourth-order valence-corrected chi connectivity index (χ4v) is 5.21. The van der Waals surface area contributed by atoms with Gasteiger partial charge in [0.2, 0.25) is 10.0 Å². The zero-order valence-electron chi connectivity index (χ0n) is 13.2. The molecule has 2 rings (SSSR count). The first-order valence-electron chi connectivity index (χ1n) is 7.02. The van der Waals surface area contributed by atoms with Crippen molar-refractivity contribution in [1.29, 1.82) is 0 Å². The number of primary sulfonamides is 1. The van der Waals surface area contributed by atoms with E-state index < -0.39 is 10.0 Å². The fourth-order valence-electron chi connectivity index (χ4n) is 2.24. The summed E-state index contributed by atoms with van der Waals surface area (Å²) < 4.78 is 23.0. The second kappa shape index (κ2) is 8.88. The fraction of sp³-hybridized carbons (Fsp3) is 0.615. The minimum absolute atomic E-state index is 0. The van der Waals surface area contributed by atoms with Crippen LogP contribution in [-0.4, -0.2) is 38.5 Å². The van der Waals surface area contributed by atoms with Gasteiger partial charge in [-0.3, -0.25) is 4.99 Å². The van der Waals surface area contributed by atoms with E-state index in [0.29, 0.717) is 6.54 Å². The van der Waals surface area contributed by atoms with Crippen LogP contribution in [0.25, 0.3) is 0 Å². The standard InChI is InChI=1S/C13H22N4O2S3.HI/c1-13(6-3-7-20-13)9-17-12(15-2)16-8-10-4-5-11(21-10)22(14,18)19;/h4-5H,3,6-9H2,1-2H3,(H2,14,18,19)(H2,15,16,17);1H. The molecule has 0 bridgehead atoms. The van der Waals surface area contributed by atoms with Crippen LogP contribution in [0.3, 0.4) is 0 Å². The molecule has 0 spiro atoms. The number of nitrogens with two attached hydrogens (primary N) is 1. The lowest BCUT2D eigenvalue weighted by molar-refractivity contribution is 0.585. The molecule has 0 aliphatic carbocycles. The Morgan fingerprint density at radius 3 is 2.70 bits per heavy atom. The van der Waals surface area contributed by atoms with E-state index in [9.17, 15) is 8.42 Å². The molecule has 1 saturated heterocycles. The van der Waals surface area contributed by atoms with E-state index in [0.717, 1.165) is 17.4 Å². The van der Waals surface area contributed by atoms with E-state index in [1.54, 1.807) is 13.1 Å². The van der Waals surface area contributed by atoms with E-state index in [4.69, 9.17) is 5.14 Å². The lowest BCUT2D eigenvalue weighted by atomic mass is 10.1. The molecule has 1 aromatic rings. The van der Waals surface area contributed by atoms with Crippen LogP contribution in [0.5, 0.6) is 0 Å². The van der Waals surface area contributed by atoms with Gasteiger partial charge in [0.25, 0.3) is 0 Å². The summed E-state index contributed by atoms with van der Waals surface area (Å²) in [5.74, 6) is 1.94. The zero-order valence-corrected chi connectivity index (χ0v) is 17.9. The number of aliphatic imine (C=N–C) groups is 1. The summed E-state index contributed by atoms with van der Waals surface area (Å²) in [5.41, 5.74) is 0. The van der Waals surface area contributed by atoms with Crippen molar-refractivity contribution in [3.63, 3.8) is 0 Å². The lowest BCUT2D eigenvalue weighted by Gasteiger charge is -2.24. The highest BCUT2D eigenvalue weighted by atomic mass is 127. The Morgan fingerprint density at radius 2 is 2.17 bits per heavy atom. The predicted octanol–water partition coefficient (Wildman–Crippen LogP) is 1.96. The van der Waals surface area contributed by atoms with Gasteiger partial charge >= 0.3 is 0 Å². The highest BCUT2D eigenvalue weighted by Crippen LogP contribution is 2.36. The lowest BCUT2D eigenvalue weighted by Crippen LogP contribution is -2.43. The Balaban J connectivity index is 0.00000264. The summed E-state index contributed by atoms with van der Waals surface area (Å²) in [4.78, 5) is 5.09. The number of guanidine groups is 1. The Labute approximate surface area is 163 Å². The van der Waals surface area contributed by atoms with Crippen LogP contribution >= 0.6 is 47.1 Å². The largest absolute Gasteiger partial charge is 0.355 e. The summed E-state index contributed by atoms with van der Waals surface area (Å²) in [7, 11) is -1.89. The van der Waals surface area contributed by atoms with Gasteiger partial charge in [-0.1, -0.05) is 0 Å². The Kier molecular flexibility index (Phi) is 8.11. The molecule has 23 heavy (non-hydrogen) atoms. The van der Waals surface area contributed by atoms with Gasteiger partial charge in [0.15, 0.2) is 5.96 Å². The van der Waals surface area contributed by atoms with Gasteiger partial charge < -0.3 is 10.6 Å². The van der Waals surface area contributed by atoms with Crippen molar-refractivity contribution < 1.29 is 8.42 Å². The molecule has 1 unspecified atom stereocenters. The first-order chi connectivity index (χ1) is 10.3. The average Bonchev–Trinajstić information content (AvgIpc) is 3.08. The molecule has 1 aliphatic heterocycles. The third-order valence-electron chi connectivity index (χ3n) is 3.50. The maximum atomic E-state index is 11.3. The predicted molar refractivity (Wildman–Crippen MR) is 109 cm³/mol. The molecule has 0 aromatic carbocycles. The maximum absolute atomic E-state index is 11.3. The number of halogens is 1. The Hall–Kier alpha value is -0.0400. The van der Waals surface area contributed by atoms with Crippen LogP contribution in [-0.2, 0) is 16.6 Å². The molecule has 1 fully saturated rings. The van der Waals surface area contributed by atoms with Crippen molar-refractivity contribution in [2.45, 2.75) is 35.3 Å². The van der Waals surface area contributed by atoms with Crippen molar-refractivity contribution in [1.82, 2.24) is 10.6 Å². The summed E-state index contributed by atoms with van der Waals surface area (Å²) in [6.07, 6.45) is 2.48. The summed E-state index contributed by atoms with van der Waals surface area (Å²) in [6, 6.07) is 3.29. The molecule has 1 atom stereocenters. The quantitative estimate of drug-likeness (QED) is 0.333. The zero-order chi connectivity index (χ0) is 16.2. The monoisotopic (exact) mass is 490 g/mol. The van der Waals surface area contributed by atoms with E-state index in [2.05, 4.69) is 22.5 Å². The van der Waals surface area contributed by atoms with Gasteiger partial charge in [0.1, 0.15) is 4.21 Å². The molecule has 0 radical (unpaired) electrons. The third-order valence-corrected chi connectivity index (χ3v) is 7.56. The van der Waals surface area contributed by atoms with Crippen LogP contribution in [0.15, 0.2) is 21.3 Å². The number of nitrogens with zero attached hydrogens (tertiary/aromatic N) is 1. The molecule has 2 heterocycles. The number of hydrogen-bond acceptors (Lipinski definition) is 5. The van der Waals surface area contributed by atoms with Crippen LogP contribution in [0.4, 0.5) is 0 Å². The Bertz CT molecular complexity index is 639. The van der Waals surface area contributed by atoms with Crippen LogP contribution in [0.2, 0.25) is 0 Å². The second-order valence-corrected chi connectivity index (χ2v) is 10.1. The number of sulfonamides is 1. The van der Waals surface area contributed by atoms with Gasteiger partial charge in [-0.25, -0.2) is 13.6 Å². The van der Waals surface area contributed by atoms with Crippen LogP contribution in [0.1, 0.15) is 24.6 Å². The number of thioether (sulfide) groups is 1. The molecule has 0 amide bonds. The number of thiophene rings is 1. The van der Waals surface area contributed by atoms with E-state index in [1.807, 2.05) is 11.8 Å². The number of rotatable bonds is 5. The highest BCUT2D eigenvalue weighted by molar-refractivity contribution is 14.0. The molecular formula is C13H23IN4O2S3. The van der Waals surface area contributed by atoms with Gasteiger partial charge in [-0.05, 0) is 37.7 Å². The van der Waals surface area contributed by atoms with Crippen molar-refractivity contribution in [2.24, 2.45) is 10.1 Å². The van der Waals surface area contributed by atoms with Gasteiger partial charge in [-0.2, -0.15) is 11.8 Å². The molecule has 132 valence electrons. The van der Waals surface area contributed by atoms with E-state index >= 15 is 0 Å². The van der Waals surface area contributed by atoms with Gasteiger partial charge in [-0.15, -0.1) is 35.3 Å². The molecule has 6 nitrogen and oxygen atoms in total. The second-order valence-electron chi connectivity index (χ2n) is 5.45. The van der Waals surface area contributed by atoms with E-state index in [-0.39, 0.29) is 32.9 Å². The molecule has 4 N–H and O–H groups in total. The van der Waals surface area contributed by atoms with Crippen LogP contribution < -0.4 is 15.8 Å². The molecule has 0 saturated carbocycles. The topological polar surface area (TPSA) is 96.6 Å². The van der Waals surface area contributed by atoms with Crippen molar-refractivity contribution in [2.75, 3.05) is 19.3 Å². The number of hydrogen-bond donors (Lipinski definition) is 3. The molecule has 1 aliphatic rings. The van der Waals surface area contributed by atoms with Crippen molar-refractivity contribution in [3.05, 3.63) is 17.0 Å². The SMILES string of the molecule is CN=C(NCc1ccc(S(N)(=O)=O)s1)NCC1(C)CCCS1.I. The van der Waals surface area contributed by atoms with Crippen molar-refractivity contribution in [3.8, 4) is 0 Å². The molecule has 10 heteroatoms. The molecule has 1 aromatic heterocycles. The highest BCUT2D eigenvalue weighted by Gasteiger charge is 2.29. The average molecular weight is 490 g/mol. The first kappa shape index (κ1) is 21.0. The third kappa shape index (κ3) is 6.40. The summed E-state index contributed by atoms with van der Waals surface area (Å²) in [5, 5.41) is 11.6. The minimum Gasteiger partial charge on any atom is -0.355 e. The van der Waals surface area contributed by atoms with Gasteiger partial charge in [0.05, 0.1) is 6.54 Å². The van der Waals surface area contributed by atoms with E-state index in [1.165, 1.54) is 36.0 Å². The minimum atomic E-state index is -3.61. The molecular weight excluding hydrogens is 467 g/mol. The normalized spacial score (nSPS) is 21.8.